The van der Waals surface area contributed by atoms with Gasteiger partial charge in [-0.2, -0.15) is 18.3 Å². The summed E-state index contributed by atoms with van der Waals surface area (Å²) in [6.45, 7) is 0.530. The molecule has 1 amide bonds. The molecular weight excluding hydrogens is 505 g/mol. The molecule has 1 heterocycles. The number of amides is 1. The number of carbonyl (C=O) groups is 1. The van der Waals surface area contributed by atoms with Crippen LogP contribution in [0.3, 0.4) is 0 Å². The van der Waals surface area contributed by atoms with E-state index in [1.807, 2.05) is 13.0 Å². The van der Waals surface area contributed by atoms with Crippen molar-refractivity contribution in [1.29, 1.82) is 0 Å². The summed E-state index contributed by atoms with van der Waals surface area (Å²) in [4.78, 5) is 14.7. The quantitative estimate of drug-likeness (QED) is 0.430. The summed E-state index contributed by atoms with van der Waals surface area (Å²) in [6, 6.07) is 11.5. The summed E-state index contributed by atoms with van der Waals surface area (Å²) in [5.41, 5.74) is 2.70. The van der Waals surface area contributed by atoms with Crippen molar-refractivity contribution in [2.75, 3.05) is 6.54 Å². The monoisotopic (exact) mass is 531 g/mol. The van der Waals surface area contributed by atoms with Crippen molar-refractivity contribution in [2.24, 2.45) is 11.3 Å². The molecule has 5 nitrogen and oxygen atoms in total. The van der Waals surface area contributed by atoms with Gasteiger partial charge in [-0.1, -0.05) is 30.7 Å². The third-order valence-corrected chi connectivity index (χ3v) is 7.73. The van der Waals surface area contributed by atoms with Crippen molar-refractivity contribution in [3.8, 4) is 5.69 Å². The van der Waals surface area contributed by atoms with Crippen LogP contribution in [0.25, 0.3) is 11.8 Å². The first-order valence-electron chi connectivity index (χ1n) is 12.3. The van der Waals surface area contributed by atoms with Crippen LogP contribution in [0, 0.1) is 23.0 Å². The number of alkyl halides is 3. The Kier molecular flexibility index (Phi) is 6.63. The van der Waals surface area contributed by atoms with Gasteiger partial charge in [-0.05, 0) is 61.2 Å². The van der Waals surface area contributed by atoms with Crippen molar-refractivity contribution in [1.82, 2.24) is 14.7 Å². The predicted molar refractivity (Wildman–Crippen MR) is 130 cm³/mol. The van der Waals surface area contributed by atoms with E-state index in [4.69, 9.17) is 0 Å². The molecule has 1 aromatic heterocycles. The van der Waals surface area contributed by atoms with E-state index in [0.29, 0.717) is 24.9 Å². The number of nitrogens with zero attached hydrogens (tertiary/aromatic N) is 3. The summed E-state index contributed by atoms with van der Waals surface area (Å²) in [5.74, 6) is -2.23. The largest absolute Gasteiger partial charge is 0.416 e. The van der Waals surface area contributed by atoms with E-state index in [1.54, 1.807) is 29.1 Å². The molecule has 3 aromatic rings. The van der Waals surface area contributed by atoms with Gasteiger partial charge >= 0.3 is 6.18 Å². The summed E-state index contributed by atoms with van der Waals surface area (Å²) in [7, 11) is 0. The number of aliphatic hydroxyl groups is 1. The molecule has 0 aliphatic heterocycles. The molecule has 2 aliphatic carbocycles. The zero-order valence-corrected chi connectivity index (χ0v) is 20.6. The maximum Gasteiger partial charge on any atom is 0.416 e. The number of carbonyl (C=O) groups excluding carboxylic acids is 1. The molecule has 1 saturated carbocycles. The van der Waals surface area contributed by atoms with E-state index in [-0.39, 0.29) is 11.4 Å². The van der Waals surface area contributed by atoms with Crippen molar-refractivity contribution in [2.45, 2.75) is 45.0 Å². The molecule has 1 N–H and O–H groups in total. The highest BCUT2D eigenvalue weighted by atomic mass is 19.4. The summed E-state index contributed by atoms with van der Waals surface area (Å²) in [6.07, 6.45) is -2.65. The van der Waals surface area contributed by atoms with Crippen LogP contribution in [0.15, 0.2) is 60.3 Å². The molecule has 200 valence electrons. The molecule has 1 unspecified atom stereocenters. The molecule has 1 fully saturated rings. The van der Waals surface area contributed by atoms with Crippen molar-refractivity contribution in [3.05, 3.63) is 88.8 Å². The van der Waals surface area contributed by atoms with Gasteiger partial charge in [-0.25, -0.2) is 13.5 Å². The first kappa shape index (κ1) is 26.1. The fraction of sp³-hybridized carbons (Fsp3) is 0.357. The number of benzene rings is 2. The minimum absolute atomic E-state index is 0.0700. The fourth-order valence-electron chi connectivity index (χ4n) is 5.63. The maximum absolute atomic E-state index is 14.4. The lowest BCUT2D eigenvalue weighted by atomic mass is 9.69. The minimum Gasteiger partial charge on any atom is -0.382 e. The Morgan fingerprint density at radius 1 is 1.18 bits per heavy atom. The molecule has 0 spiro atoms. The van der Waals surface area contributed by atoms with Gasteiger partial charge in [0.1, 0.15) is 11.6 Å². The predicted octanol–water partition coefficient (Wildman–Crippen LogP) is 5.46. The lowest BCUT2D eigenvalue weighted by Crippen LogP contribution is -2.48. The van der Waals surface area contributed by atoms with Gasteiger partial charge in [0.25, 0.3) is 0 Å². The van der Waals surface area contributed by atoms with Crippen molar-refractivity contribution in [3.63, 3.8) is 0 Å². The number of aromatic nitrogens is 2. The van der Waals surface area contributed by atoms with Crippen LogP contribution in [0.1, 0.15) is 36.6 Å². The third-order valence-electron chi connectivity index (χ3n) is 7.73. The average molecular weight is 532 g/mol. The Bertz CT molecular complexity index is 1380. The Morgan fingerprint density at radius 3 is 2.58 bits per heavy atom. The highest BCUT2D eigenvalue weighted by Gasteiger charge is 2.50. The number of hydrogen-bond acceptors (Lipinski definition) is 3. The molecule has 10 heteroatoms. The van der Waals surface area contributed by atoms with Crippen LogP contribution in [0.5, 0.6) is 0 Å². The molecule has 5 rings (SSSR count). The van der Waals surface area contributed by atoms with E-state index in [1.165, 1.54) is 30.3 Å². The van der Waals surface area contributed by atoms with Crippen LogP contribution >= 0.6 is 0 Å². The molecule has 2 aromatic carbocycles. The third kappa shape index (κ3) is 4.73. The Labute approximate surface area is 216 Å². The molecule has 2 aliphatic rings. The van der Waals surface area contributed by atoms with E-state index >= 15 is 0 Å². The summed E-state index contributed by atoms with van der Waals surface area (Å²) < 4.78 is 69.2. The molecule has 0 bridgehead atoms. The second-order valence-electron chi connectivity index (χ2n) is 10.2. The smallest absolute Gasteiger partial charge is 0.382 e. The van der Waals surface area contributed by atoms with Gasteiger partial charge in [-0.15, -0.1) is 0 Å². The van der Waals surface area contributed by atoms with Gasteiger partial charge < -0.3 is 10.0 Å². The Morgan fingerprint density at radius 2 is 1.89 bits per heavy atom. The van der Waals surface area contributed by atoms with E-state index in [9.17, 15) is 31.9 Å². The van der Waals surface area contributed by atoms with Gasteiger partial charge in [-0.3, -0.25) is 4.79 Å². The minimum atomic E-state index is -4.92. The number of aliphatic hydroxyl groups excluding tert-OH is 1. The Balaban J connectivity index is 1.45. The van der Waals surface area contributed by atoms with Crippen LogP contribution < -0.4 is 0 Å². The second kappa shape index (κ2) is 9.65. The summed E-state index contributed by atoms with van der Waals surface area (Å²) in [5, 5.41) is 14.2. The fourth-order valence-corrected chi connectivity index (χ4v) is 5.63. The van der Waals surface area contributed by atoms with Gasteiger partial charge in [0.05, 0.1) is 24.1 Å². The highest BCUT2D eigenvalue weighted by molar-refractivity contribution is 5.82. The molecular formula is C28H26F5N3O2. The lowest BCUT2D eigenvalue weighted by Gasteiger charge is -2.38. The highest BCUT2D eigenvalue weighted by Crippen LogP contribution is 2.53. The van der Waals surface area contributed by atoms with Crippen LogP contribution in [-0.4, -0.2) is 44.5 Å². The number of hydrogen-bond donors (Lipinski definition) is 1. The Hall–Kier alpha value is -3.53. The van der Waals surface area contributed by atoms with Crippen LogP contribution in [0.2, 0.25) is 0 Å². The zero-order valence-electron chi connectivity index (χ0n) is 20.6. The topological polar surface area (TPSA) is 58.4 Å². The van der Waals surface area contributed by atoms with Crippen LogP contribution in [-0.2, 0) is 17.8 Å². The molecule has 0 radical (unpaired) electrons. The summed E-state index contributed by atoms with van der Waals surface area (Å²) >= 11 is 0. The number of rotatable bonds is 6. The van der Waals surface area contributed by atoms with E-state index in [2.05, 4.69) is 5.10 Å². The van der Waals surface area contributed by atoms with E-state index < -0.39 is 48.4 Å². The van der Waals surface area contributed by atoms with Gasteiger partial charge in [0, 0.05) is 23.4 Å². The van der Waals surface area contributed by atoms with Crippen molar-refractivity contribution >= 4 is 12.0 Å². The number of halogens is 5. The lowest BCUT2D eigenvalue weighted by molar-refractivity contribution is -0.209. The van der Waals surface area contributed by atoms with Crippen LogP contribution in [0.4, 0.5) is 22.0 Å². The van der Waals surface area contributed by atoms with Crippen molar-refractivity contribution < 1.29 is 31.9 Å². The van der Waals surface area contributed by atoms with Gasteiger partial charge in [0.2, 0.25) is 5.91 Å². The first-order valence-corrected chi connectivity index (χ1v) is 12.3. The van der Waals surface area contributed by atoms with Gasteiger partial charge in [0.15, 0.2) is 6.10 Å². The average Bonchev–Trinajstić information content (AvgIpc) is 3.42. The SMILES string of the molecule is C[C@]12Cc3cnn(-c4ccc(F)cc4)c3C=C1CC[C@@H]2C(=O)N(Cc1ccccc1F)CC(O)C(F)(F)F. The number of fused-ring (bicyclic) bond motifs is 2. The number of allylic oxidation sites excluding steroid dienone is 1. The first-order chi connectivity index (χ1) is 18.0. The molecule has 38 heavy (non-hydrogen) atoms. The normalized spacial score (nSPS) is 21.4. The molecule has 0 saturated heterocycles. The second-order valence-corrected chi connectivity index (χ2v) is 10.2. The maximum atomic E-state index is 14.4. The standard InChI is InChI=1S/C28H26F5N3O2/c1-27-13-18-14-34-36(21-9-7-20(29)8-10-21)24(18)12-19(27)6-11-22(27)26(38)35(16-25(37)28(31,32)33)15-17-4-2-3-5-23(17)30/h2-5,7-10,12,14,22,25,37H,6,11,13,15-16H2,1H3/t22-,25?,27+/m1/s1. The zero-order chi connectivity index (χ0) is 27.2. The molecule has 3 atom stereocenters. The van der Waals surface area contributed by atoms with E-state index in [0.717, 1.165) is 21.7 Å².